The van der Waals surface area contributed by atoms with Gasteiger partial charge >= 0.3 is 0 Å². The molecule has 0 bridgehead atoms. The van der Waals surface area contributed by atoms with Crippen molar-refractivity contribution in [3.05, 3.63) is 22.4 Å². The molecule has 2 heterocycles. The zero-order chi connectivity index (χ0) is 13.1. The van der Waals surface area contributed by atoms with Gasteiger partial charge in [0.05, 0.1) is 5.69 Å². The second kappa shape index (κ2) is 5.65. The smallest absolute Gasteiger partial charge is 0.198 e. The lowest BCUT2D eigenvalue weighted by atomic mass is 10.1. The highest BCUT2D eigenvalue weighted by Crippen LogP contribution is 2.19. The molecular formula is C13H19ClN4. The Kier molecular flexibility index (Phi) is 4.17. The van der Waals surface area contributed by atoms with Crippen LogP contribution in [0.1, 0.15) is 49.8 Å². The van der Waals surface area contributed by atoms with Crippen LogP contribution in [0.3, 0.4) is 0 Å². The van der Waals surface area contributed by atoms with Crippen molar-refractivity contribution in [1.29, 1.82) is 0 Å². The normalized spacial score (nSPS) is 11.3. The van der Waals surface area contributed by atoms with Gasteiger partial charge in [0.25, 0.3) is 0 Å². The van der Waals surface area contributed by atoms with Gasteiger partial charge in [0, 0.05) is 12.1 Å². The molecule has 0 spiro atoms. The first-order chi connectivity index (χ1) is 8.65. The molecule has 0 amide bonds. The van der Waals surface area contributed by atoms with Crippen LogP contribution in [-0.4, -0.2) is 19.6 Å². The van der Waals surface area contributed by atoms with Crippen LogP contribution in [0.2, 0.25) is 5.15 Å². The average molecular weight is 267 g/mol. The summed E-state index contributed by atoms with van der Waals surface area (Å²) < 4.78 is 2.04. The summed E-state index contributed by atoms with van der Waals surface area (Å²) in [5.41, 5.74) is 2.68. The first-order valence-corrected chi connectivity index (χ1v) is 6.89. The van der Waals surface area contributed by atoms with Gasteiger partial charge in [-0.05, 0) is 20.3 Å². The summed E-state index contributed by atoms with van der Waals surface area (Å²) in [6.07, 6.45) is 5.85. The Bertz CT molecular complexity index is 547. The lowest BCUT2D eigenvalue weighted by Crippen LogP contribution is -2.03. The molecule has 0 saturated heterocycles. The first kappa shape index (κ1) is 13.3. The van der Waals surface area contributed by atoms with Crippen molar-refractivity contribution >= 4 is 17.2 Å². The summed E-state index contributed by atoms with van der Waals surface area (Å²) in [4.78, 5) is 4.27. The molecule has 18 heavy (non-hydrogen) atoms. The van der Waals surface area contributed by atoms with Gasteiger partial charge in [0.2, 0.25) is 0 Å². The maximum atomic E-state index is 6.10. The Morgan fingerprint density at radius 1 is 1.11 bits per heavy atom. The van der Waals surface area contributed by atoms with Crippen LogP contribution >= 0.6 is 11.6 Å². The fourth-order valence-corrected chi connectivity index (χ4v) is 2.36. The number of hydrogen-bond acceptors (Lipinski definition) is 3. The monoisotopic (exact) mass is 266 g/mol. The molecule has 2 rings (SSSR count). The molecule has 0 saturated carbocycles. The van der Waals surface area contributed by atoms with E-state index in [1.165, 1.54) is 19.3 Å². The number of hydrogen-bond donors (Lipinski definition) is 0. The van der Waals surface area contributed by atoms with E-state index >= 15 is 0 Å². The Morgan fingerprint density at radius 3 is 2.61 bits per heavy atom. The number of fused-ring (bicyclic) bond motifs is 1. The maximum Gasteiger partial charge on any atom is 0.198 e. The summed E-state index contributed by atoms with van der Waals surface area (Å²) in [5.74, 6) is 0.992. The molecule has 0 radical (unpaired) electrons. The molecule has 0 aliphatic heterocycles. The minimum absolute atomic E-state index is 0.436. The minimum Gasteiger partial charge on any atom is -0.279 e. The molecule has 0 aromatic carbocycles. The van der Waals surface area contributed by atoms with E-state index < -0.39 is 0 Å². The van der Waals surface area contributed by atoms with Crippen LogP contribution in [-0.2, 0) is 6.42 Å². The molecule has 2 aromatic rings. The molecule has 98 valence electrons. The zero-order valence-corrected chi connectivity index (χ0v) is 12.0. The van der Waals surface area contributed by atoms with Crippen LogP contribution in [0.5, 0.6) is 0 Å². The first-order valence-electron chi connectivity index (χ1n) is 6.51. The maximum absolute atomic E-state index is 6.10. The molecular weight excluding hydrogens is 248 g/mol. The second-order valence-corrected chi connectivity index (χ2v) is 5.02. The summed E-state index contributed by atoms with van der Waals surface area (Å²) in [6.45, 7) is 6.21. The molecule has 0 fully saturated rings. The van der Waals surface area contributed by atoms with E-state index in [1.54, 1.807) is 0 Å². The summed E-state index contributed by atoms with van der Waals surface area (Å²) in [5, 5.41) is 8.82. The van der Waals surface area contributed by atoms with Gasteiger partial charge in [-0.2, -0.15) is 0 Å². The second-order valence-electron chi connectivity index (χ2n) is 4.66. The number of aryl methyl sites for hydroxylation is 3. The van der Waals surface area contributed by atoms with E-state index in [0.717, 1.165) is 30.1 Å². The molecule has 4 nitrogen and oxygen atoms in total. The summed E-state index contributed by atoms with van der Waals surface area (Å²) in [7, 11) is 0. The van der Waals surface area contributed by atoms with Crippen molar-refractivity contribution in [3.63, 3.8) is 0 Å². The average Bonchev–Trinajstić information content (AvgIpc) is 2.76. The fraction of sp³-hybridized carbons (Fsp3) is 0.615. The van der Waals surface area contributed by atoms with Gasteiger partial charge in [-0.3, -0.25) is 4.40 Å². The Morgan fingerprint density at radius 2 is 1.89 bits per heavy atom. The molecule has 0 aliphatic carbocycles. The van der Waals surface area contributed by atoms with Crippen LogP contribution in [0.15, 0.2) is 0 Å². The molecule has 0 unspecified atom stereocenters. The third-order valence-corrected chi connectivity index (χ3v) is 3.55. The SMILES string of the molecule is CCCCCCc1nnc2c(Cl)nc(C)c(C)n12. The number of nitrogens with zero attached hydrogens (tertiary/aromatic N) is 4. The summed E-state index contributed by atoms with van der Waals surface area (Å²) in [6, 6.07) is 0. The van der Waals surface area contributed by atoms with Gasteiger partial charge in [-0.15, -0.1) is 10.2 Å². The Balaban J connectivity index is 2.29. The number of unbranched alkanes of at least 4 members (excludes halogenated alkanes) is 3. The largest absolute Gasteiger partial charge is 0.279 e. The third kappa shape index (κ3) is 2.48. The van der Waals surface area contributed by atoms with Gasteiger partial charge in [0.1, 0.15) is 5.82 Å². The van der Waals surface area contributed by atoms with E-state index in [-0.39, 0.29) is 0 Å². The van der Waals surface area contributed by atoms with E-state index in [4.69, 9.17) is 11.6 Å². The predicted molar refractivity (Wildman–Crippen MR) is 73.1 cm³/mol. The van der Waals surface area contributed by atoms with Crippen LogP contribution < -0.4 is 0 Å². The molecule has 0 N–H and O–H groups in total. The lowest BCUT2D eigenvalue weighted by Gasteiger charge is -2.07. The lowest BCUT2D eigenvalue weighted by molar-refractivity contribution is 0.647. The van der Waals surface area contributed by atoms with Crippen molar-refractivity contribution in [1.82, 2.24) is 19.6 Å². The highest BCUT2D eigenvalue weighted by atomic mass is 35.5. The van der Waals surface area contributed by atoms with Gasteiger partial charge in [0.15, 0.2) is 10.8 Å². The van der Waals surface area contributed by atoms with Crippen molar-refractivity contribution in [2.75, 3.05) is 0 Å². The number of aromatic nitrogens is 4. The number of rotatable bonds is 5. The standard InChI is InChI=1S/C13H19ClN4/c1-4-5-6-7-8-11-16-17-13-12(14)15-9(2)10(3)18(11)13/h4-8H2,1-3H3. The topological polar surface area (TPSA) is 43.1 Å². The van der Waals surface area contributed by atoms with Gasteiger partial charge < -0.3 is 0 Å². The van der Waals surface area contributed by atoms with Crippen molar-refractivity contribution in [2.24, 2.45) is 0 Å². The number of halogens is 1. The minimum atomic E-state index is 0.436. The highest BCUT2D eigenvalue weighted by Gasteiger charge is 2.13. The van der Waals surface area contributed by atoms with Crippen LogP contribution in [0.25, 0.3) is 5.65 Å². The van der Waals surface area contributed by atoms with E-state index in [0.29, 0.717) is 10.8 Å². The summed E-state index contributed by atoms with van der Waals surface area (Å²) >= 11 is 6.10. The molecule has 5 heteroatoms. The van der Waals surface area contributed by atoms with Gasteiger partial charge in [-0.1, -0.05) is 37.8 Å². The molecule has 0 aliphatic rings. The molecule has 0 atom stereocenters. The quantitative estimate of drug-likeness (QED) is 0.778. The Hall–Kier alpha value is -1.16. The van der Waals surface area contributed by atoms with E-state index in [9.17, 15) is 0 Å². The highest BCUT2D eigenvalue weighted by molar-refractivity contribution is 6.32. The van der Waals surface area contributed by atoms with E-state index in [2.05, 4.69) is 22.1 Å². The van der Waals surface area contributed by atoms with Crippen molar-refractivity contribution in [3.8, 4) is 0 Å². The van der Waals surface area contributed by atoms with E-state index in [1.807, 2.05) is 18.2 Å². The Labute approximate surface area is 112 Å². The fourth-order valence-electron chi connectivity index (χ4n) is 2.11. The van der Waals surface area contributed by atoms with Crippen LogP contribution in [0.4, 0.5) is 0 Å². The van der Waals surface area contributed by atoms with Crippen molar-refractivity contribution in [2.45, 2.75) is 52.9 Å². The zero-order valence-electron chi connectivity index (χ0n) is 11.2. The van der Waals surface area contributed by atoms with Gasteiger partial charge in [-0.25, -0.2) is 4.98 Å². The van der Waals surface area contributed by atoms with Crippen molar-refractivity contribution < 1.29 is 0 Å². The molecule has 2 aromatic heterocycles. The van der Waals surface area contributed by atoms with Crippen LogP contribution in [0, 0.1) is 13.8 Å². The predicted octanol–water partition coefficient (Wildman–Crippen LogP) is 3.52. The third-order valence-electron chi connectivity index (χ3n) is 3.29.